The van der Waals surface area contributed by atoms with Gasteiger partial charge in [-0.3, -0.25) is 4.98 Å². The Bertz CT molecular complexity index is 655. The van der Waals surface area contributed by atoms with E-state index in [9.17, 15) is 0 Å². The number of imidazole rings is 1. The van der Waals surface area contributed by atoms with E-state index in [0.717, 1.165) is 17.6 Å². The van der Waals surface area contributed by atoms with Crippen LogP contribution in [0.5, 0.6) is 0 Å². The van der Waals surface area contributed by atoms with E-state index < -0.39 is 0 Å². The summed E-state index contributed by atoms with van der Waals surface area (Å²) in [6.45, 7) is 2.88. The number of aromatic nitrogens is 3. The number of rotatable bonds is 2. The highest BCUT2D eigenvalue weighted by Crippen LogP contribution is 2.13. The molecule has 0 saturated carbocycles. The normalized spacial score (nSPS) is 10.9. The number of fused-ring (bicyclic) bond motifs is 1. The summed E-state index contributed by atoms with van der Waals surface area (Å²) in [5.41, 5.74) is 4.48. The molecule has 3 nitrogen and oxygen atoms in total. The molecule has 0 unspecified atom stereocenters. The van der Waals surface area contributed by atoms with Crippen LogP contribution in [0.1, 0.15) is 11.1 Å². The van der Waals surface area contributed by atoms with Crippen LogP contribution in [0.15, 0.2) is 42.7 Å². The van der Waals surface area contributed by atoms with Crippen molar-refractivity contribution in [2.75, 3.05) is 0 Å². The Morgan fingerprint density at radius 1 is 1.29 bits per heavy atom. The number of hydrogen-bond donors (Lipinski definition) is 0. The van der Waals surface area contributed by atoms with Gasteiger partial charge in [0.15, 0.2) is 6.33 Å². The van der Waals surface area contributed by atoms with Crippen molar-refractivity contribution in [2.45, 2.75) is 13.5 Å². The Labute approximate surface area is 99.8 Å². The number of aryl methyl sites for hydroxylation is 1. The van der Waals surface area contributed by atoms with Gasteiger partial charge in [-0.15, -0.1) is 0 Å². The first kappa shape index (κ1) is 10.0. The first-order valence-corrected chi connectivity index (χ1v) is 5.56. The number of benzene rings is 1. The maximum atomic E-state index is 4.24. The molecule has 0 fully saturated rings. The van der Waals surface area contributed by atoms with Crippen molar-refractivity contribution < 1.29 is 0 Å². The summed E-state index contributed by atoms with van der Waals surface area (Å²) in [6, 6.07) is 10.4. The van der Waals surface area contributed by atoms with Gasteiger partial charge in [-0.25, -0.2) is 4.98 Å². The van der Waals surface area contributed by atoms with Crippen LogP contribution in [-0.4, -0.2) is 14.5 Å². The average molecular weight is 222 g/mol. The molecule has 0 aliphatic carbocycles. The van der Waals surface area contributed by atoms with Crippen molar-refractivity contribution in [3.63, 3.8) is 0 Å². The summed E-state index contributed by atoms with van der Waals surface area (Å²) in [5.74, 6) is 0. The molecule has 0 amide bonds. The van der Waals surface area contributed by atoms with E-state index in [0.29, 0.717) is 0 Å². The van der Waals surface area contributed by atoms with Crippen molar-refractivity contribution in [2.24, 2.45) is 0 Å². The second-order valence-electron chi connectivity index (χ2n) is 4.15. The molecule has 1 aromatic carbocycles. The molecule has 0 saturated heterocycles. The Morgan fingerprint density at radius 2 is 2.24 bits per heavy atom. The molecule has 1 radical (unpaired) electrons. The molecule has 0 N–H and O–H groups in total. The van der Waals surface area contributed by atoms with E-state index in [2.05, 4.69) is 47.5 Å². The predicted octanol–water partition coefficient (Wildman–Crippen LogP) is 2.59. The van der Waals surface area contributed by atoms with Gasteiger partial charge in [0.2, 0.25) is 0 Å². The van der Waals surface area contributed by atoms with Gasteiger partial charge in [0, 0.05) is 12.7 Å². The second kappa shape index (κ2) is 4.01. The maximum absolute atomic E-state index is 4.24. The SMILES string of the molecule is Cc1cccc(Cn2[c]nc3ccncc32)c1. The van der Waals surface area contributed by atoms with Gasteiger partial charge in [-0.1, -0.05) is 29.8 Å². The molecule has 3 rings (SSSR count). The van der Waals surface area contributed by atoms with Gasteiger partial charge < -0.3 is 4.57 Å². The second-order valence-corrected chi connectivity index (χ2v) is 4.15. The van der Waals surface area contributed by atoms with E-state index in [-0.39, 0.29) is 0 Å². The van der Waals surface area contributed by atoms with Crippen molar-refractivity contribution in [3.8, 4) is 0 Å². The highest BCUT2D eigenvalue weighted by molar-refractivity contribution is 5.73. The van der Waals surface area contributed by atoms with Crippen LogP contribution in [0.25, 0.3) is 11.0 Å². The first-order chi connectivity index (χ1) is 8.33. The van der Waals surface area contributed by atoms with Crippen LogP contribution in [0.4, 0.5) is 0 Å². The largest absolute Gasteiger partial charge is 0.316 e. The molecule has 3 heteroatoms. The highest BCUT2D eigenvalue weighted by Gasteiger charge is 2.03. The topological polar surface area (TPSA) is 30.7 Å². The fraction of sp³-hybridized carbons (Fsp3) is 0.143. The lowest BCUT2D eigenvalue weighted by atomic mass is 10.1. The minimum atomic E-state index is 0.782. The molecule has 0 spiro atoms. The van der Waals surface area contributed by atoms with Crippen LogP contribution >= 0.6 is 0 Å². The minimum Gasteiger partial charge on any atom is -0.316 e. The zero-order valence-electron chi connectivity index (χ0n) is 9.59. The zero-order valence-corrected chi connectivity index (χ0v) is 9.59. The van der Waals surface area contributed by atoms with Crippen LogP contribution in [0, 0.1) is 13.3 Å². The van der Waals surface area contributed by atoms with Gasteiger partial charge >= 0.3 is 0 Å². The van der Waals surface area contributed by atoms with Gasteiger partial charge in [0.1, 0.15) is 0 Å². The van der Waals surface area contributed by atoms with Crippen LogP contribution in [0.3, 0.4) is 0 Å². The minimum absolute atomic E-state index is 0.782. The summed E-state index contributed by atoms with van der Waals surface area (Å²) in [7, 11) is 0. The fourth-order valence-corrected chi connectivity index (χ4v) is 1.96. The smallest absolute Gasteiger partial charge is 0.177 e. The standard InChI is InChI=1S/C14H12N3/c1-11-3-2-4-12(7-11)9-17-10-16-13-5-6-15-8-14(13)17/h2-8H,9H2,1H3. The summed E-state index contributed by atoms with van der Waals surface area (Å²) >= 11 is 0. The van der Waals surface area contributed by atoms with Crippen molar-refractivity contribution >= 4 is 11.0 Å². The lowest BCUT2D eigenvalue weighted by Crippen LogP contribution is -1.98. The van der Waals surface area contributed by atoms with E-state index >= 15 is 0 Å². The Hall–Kier alpha value is -2.16. The van der Waals surface area contributed by atoms with Gasteiger partial charge in [-0.2, -0.15) is 0 Å². The molecule has 17 heavy (non-hydrogen) atoms. The molecule has 0 bridgehead atoms. The van der Waals surface area contributed by atoms with Crippen LogP contribution in [0.2, 0.25) is 0 Å². The third-order valence-electron chi connectivity index (χ3n) is 2.78. The summed E-state index contributed by atoms with van der Waals surface area (Å²) in [6.07, 6.45) is 6.59. The Balaban J connectivity index is 2.00. The van der Waals surface area contributed by atoms with Crippen molar-refractivity contribution in [3.05, 3.63) is 60.2 Å². The van der Waals surface area contributed by atoms with Crippen molar-refractivity contribution in [1.82, 2.24) is 14.5 Å². The summed E-state index contributed by atoms with van der Waals surface area (Å²) < 4.78 is 2.00. The molecule has 2 heterocycles. The maximum Gasteiger partial charge on any atom is 0.177 e. The molecule has 0 atom stereocenters. The molecule has 83 valence electrons. The lowest BCUT2D eigenvalue weighted by molar-refractivity contribution is 0.814. The Morgan fingerprint density at radius 3 is 3.12 bits per heavy atom. The number of hydrogen-bond acceptors (Lipinski definition) is 2. The van der Waals surface area contributed by atoms with Crippen molar-refractivity contribution in [1.29, 1.82) is 0 Å². The summed E-state index contributed by atoms with van der Waals surface area (Å²) in [5, 5.41) is 0. The zero-order chi connectivity index (χ0) is 11.7. The van der Waals surface area contributed by atoms with Crippen LogP contribution in [-0.2, 0) is 6.54 Å². The number of pyridine rings is 1. The molecular weight excluding hydrogens is 210 g/mol. The fourth-order valence-electron chi connectivity index (χ4n) is 1.96. The van der Waals surface area contributed by atoms with E-state index in [4.69, 9.17) is 0 Å². The number of nitrogens with zero attached hydrogens (tertiary/aromatic N) is 3. The monoisotopic (exact) mass is 222 g/mol. The first-order valence-electron chi connectivity index (χ1n) is 5.56. The third-order valence-corrected chi connectivity index (χ3v) is 2.78. The van der Waals surface area contributed by atoms with Gasteiger partial charge in [0.25, 0.3) is 0 Å². The molecule has 0 aliphatic rings. The lowest BCUT2D eigenvalue weighted by Gasteiger charge is -2.04. The van der Waals surface area contributed by atoms with E-state index in [1.807, 2.05) is 16.8 Å². The predicted molar refractivity (Wildman–Crippen MR) is 66.6 cm³/mol. The van der Waals surface area contributed by atoms with Gasteiger partial charge in [-0.05, 0) is 18.6 Å². The highest BCUT2D eigenvalue weighted by atomic mass is 15.0. The summed E-state index contributed by atoms with van der Waals surface area (Å²) in [4.78, 5) is 8.36. The molecule has 2 aromatic heterocycles. The average Bonchev–Trinajstić information content (AvgIpc) is 2.73. The molecular formula is C14H12N3. The quantitative estimate of drug-likeness (QED) is 0.667. The Kier molecular flexibility index (Phi) is 2.37. The molecule has 3 aromatic rings. The van der Waals surface area contributed by atoms with E-state index in [1.165, 1.54) is 11.1 Å². The van der Waals surface area contributed by atoms with Gasteiger partial charge in [0.05, 0.1) is 17.2 Å². The van der Waals surface area contributed by atoms with Crippen LogP contribution < -0.4 is 0 Å². The van der Waals surface area contributed by atoms with E-state index in [1.54, 1.807) is 6.20 Å². The molecule has 0 aliphatic heterocycles. The third kappa shape index (κ3) is 1.91.